The average molecular weight is 244 g/mol. The van der Waals surface area contributed by atoms with E-state index in [2.05, 4.69) is 43.1 Å². The van der Waals surface area contributed by atoms with E-state index in [0.29, 0.717) is 6.54 Å². The van der Waals surface area contributed by atoms with E-state index in [4.69, 9.17) is 10.2 Å². The van der Waals surface area contributed by atoms with Gasteiger partial charge in [0, 0.05) is 24.8 Å². The molecule has 1 heterocycles. The number of hydrogen-bond donors (Lipinski definition) is 1. The first kappa shape index (κ1) is 12.7. The Hall–Kier alpha value is -1.74. The van der Waals surface area contributed by atoms with Crippen molar-refractivity contribution >= 4 is 5.69 Å². The predicted octanol–water partition coefficient (Wildman–Crippen LogP) is 2.94. The lowest BCUT2D eigenvalue weighted by molar-refractivity contribution is 0.507. The molecule has 0 aliphatic rings. The Morgan fingerprint density at radius 1 is 1.17 bits per heavy atom. The van der Waals surface area contributed by atoms with Gasteiger partial charge in [-0.3, -0.25) is 0 Å². The maximum absolute atomic E-state index is 5.64. The molecule has 3 nitrogen and oxygen atoms in total. The van der Waals surface area contributed by atoms with Crippen LogP contribution in [0, 0.1) is 0 Å². The molecule has 0 spiro atoms. The molecule has 0 saturated carbocycles. The van der Waals surface area contributed by atoms with Crippen molar-refractivity contribution < 1.29 is 4.42 Å². The van der Waals surface area contributed by atoms with E-state index < -0.39 is 0 Å². The van der Waals surface area contributed by atoms with Crippen molar-refractivity contribution in [3.63, 3.8) is 0 Å². The quantitative estimate of drug-likeness (QED) is 0.879. The highest BCUT2D eigenvalue weighted by Gasteiger charge is 2.08. The highest BCUT2D eigenvalue weighted by atomic mass is 16.3. The summed E-state index contributed by atoms with van der Waals surface area (Å²) < 4.78 is 5.34. The van der Waals surface area contributed by atoms with Gasteiger partial charge in [0.05, 0.1) is 12.8 Å². The molecule has 1 aromatic carbocycles. The average Bonchev–Trinajstić information content (AvgIpc) is 2.86. The summed E-state index contributed by atoms with van der Waals surface area (Å²) in [6.07, 6.45) is 2.77. The molecule has 0 bridgehead atoms. The zero-order chi connectivity index (χ0) is 13.0. The van der Waals surface area contributed by atoms with Crippen LogP contribution in [0.1, 0.15) is 23.8 Å². The molecule has 0 unspecified atom stereocenters. The van der Waals surface area contributed by atoms with E-state index in [0.717, 1.165) is 24.3 Å². The molecule has 0 fully saturated rings. The highest BCUT2D eigenvalue weighted by Crippen LogP contribution is 2.19. The molecule has 96 valence electrons. The fourth-order valence-corrected chi connectivity index (χ4v) is 2.02. The third-order valence-corrected chi connectivity index (χ3v) is 3.22. The third kappa shape index (κ3) is 2.74. The first-order chi connectivity index (χ1) is 8.74. The van der Waals surface area contributed by atoms with E-state index in [-0.39, 0.29) is 0 Å². The largest absolute Gasteiger partial charge is 0.468 e. The maximum atomic E-state index is 5.64. The van der Waals surface area contributed by atoms with Crippen LogP contribution in [0.2, 0.25) is 0 Å². The number of furan rings is 1. The van der Waals surface area contributed by atoms with Crippen molar-refractivity contribution in [3.8, 4) is 0 Å². The van der Waals surface area contributed by atoms with E-state index in [1.807, 2.05) is 6.07 Å². The number of benzene rings is 1. The molecule has 1 aromatic heterocycles. The minimum Gasteiger partial charge on any atom is -0.468 e. The summed E-state index contributed by atoms with van der Waals surface area (Å²) in [5, 5.41) is 0. The van der Waals surface area contributed by atoms with Crippen molar-refractivity contribution in [1.29, 1.82) is 0 Å². The van der Waals surface area contributed by atoms with Gasteiger partial charge in [-0.15, -0.1) is 0 Å². The lowest BCUT2D eigenvalue weighted by Gasteiger charge is -2.19. The lowest BCUT2D eigenvalue weighted by Crippen LogP contribution is -2.17. The zero-order valence-electron chi connectivity index (χ0n) is 11.0. The van der Waals surface area contributed by atoms with Crippen LogP contribution in [0.5, 0.6) is 0 Å². The van der Waals surface area contributed by atoms with Gasteiger partial charge in [0.25, 0.3) is 0 Å². The van der Waals surface area contributed by atoms with Crippen molar-refractivity contribution in [2.45, 2.75) is 26.4 Å². The Morgan fingerprint density at radius 3 is 2.50 bits per heavy atom. The van der Waals surface area contributed by atoms with Gasteiger partial charge in [0.15, 0.2) is 0 Å². The number of rotatable bonds is 5. The second kappa shape index (κ2) is 5.74. The predicted molar refractivity (Wildman–Crippen MR) is 74.5 cm³/mol. The van der Waals surface area contributed by atoms with Gasteiger partial charge >= 0.3 is 0 Å². The van der Waals surface area contributed by atoms with E-state index >= 15 is 0 Å². The van der Waals surface area contributed by atoms with Crippen molar-refractivity contribution in [2.75, 3.05) is 11.9 Å². The molecule has 2 aromatic rings. The Kier molecular flexibility index (Phi) is 4.05. The van der Waals surface area contributed by atoms with E-state index in [1.165, 1.54) is 11.3 Å². The molecule has 0 aliphatic heterocycles. The lowest BCUT2D eigenvalue weighted by atomic mass is 10.1. The van der Waals surface area contributed by atoms with Crippen LogP contribution in [0.15, 0.2) is 41.0 Å². The molecular weight excluding hydrogens is 224 g/mol. The molecule has 0 radical (unpaired) electrons. The van der Waals surface area contributed by atoms with Crippen LogP contribution in [0.4, 0.5) is 5.69 Å². The third-order valence-electron chi connectivity index (χ3n) is 3.22. The summed E-state index contributed by atoms with van der Waals surface area (Å²) in [5.41, 5.74) is 9.35. The normalized spacial score (nSPS) is 10.6. The number of aryl methyl sites for hydroxylation is 1. The number of anilines is 1. The molecule has 18 heavy (non-hydrogen) atoms. The highest BCUT2D eigenvalue weighted by molar-refractivity contribution is 5.47. The van der Waals surface area contributed by atoms with Crippen molar-refractivity contribution in [3.05, 3.63) is 53.5 Å². The van der Waals surface area contributed by atoms with Crippen LogP contribution in [-0.4, -0.2) is 7.05 Å². The SMILES string of the molecule is CCc1ccc(N(C)Cc2ccoc2CN)cc1. The van der Waals surface area contributed by atoms with Crippen LogP contribution < -0.4 is 10.6 Å². The summed E-state index contributed by atoms with van der Waals surface area (Å²) >= 11 is 0. The second-order valence-corrected chi connectivity index (χ2v) is 4.45. The Balaban J connectivity index is 2.09. The molecule has 0 atom stereocenters. The molecular formula is C15H20N2O. The second-order valence-electron chi connectivity index (χ2n) is 4.45. The van der Waals surface area contributed by atoms with Crippen molar-refractivity contribution in [1.82, 2.24) is 0 Å². The Morgan fingerprint density at radius 2 is 1.89 bits per heavy atom. The fourth-order valence-electron chi connectivity index (χ4n) is 2.02. The topological polar surface area (TPSA) is 42.4 Å². The summed E-state index contributed by atoms with van der Waals surface area (Å²) in [4.78, 5) is 2.20. The smallest absolute Gasteiger partial charge is 0.122 e. The molecule has 0 aliphatic carbocycles. The van der Waals surface area contributed by atoms with Crippen LogP contribution >= 0.6 is 0 Å². The van der Waals surface area contributed by atoms with Crippen LogP contribution in [0.3, 0.4) is 0 Å². The molecule has 2 rings (SSSR count). The minimum absolute atomic E-state index is 0.449. The summed E-state index contributed by atoms with van der Waals surface area (Å²) in [7, 11) is 2.08. The summed E-state index contributed by atoms with van der Waals surface area (Å²) in [5.74, 6) is 0.868. The Bertz CT molecular complexity index is 487. The van der Waals surface area contributed by atoms with E-state index in [1.54, 1.807) is 6.26 Å². The molecule has 2 N–H and O–H groups in total. The summed E-state index contributed by atoms with van der Waals surface area (Å²) in [6, 6.07) is 10.6. The van der Waals surface area contributed by atoms with E-state index in [9.17, 15) is 0 Å². The summed E-state index contributed by atoms with van der Waals surface area (Å²) in [6.45, 7) is 3.43. The van der Waals surface area contributed by atoms with Crippen LogP contribution in [0.25, 0.3) is 0 Å². The van der Waals surface area contributed by atoms with Gasteiger partial charge in [-0.05, 0) is 30.2 Å². The minimum atomic E-state index is 0.449. The number of nitrogens with two attached hydrogens (primary N) is 1. The monoisotopic (exact) mass is 244 g/mol. The van der Waals surface area contributed by atoms with Gasteiger partial charge in [0.1, 0.15) is 5.76 Å². The van der Waals surface area contributed by atoms with Gasteiger partial charge in [-0.25, -0.2) is 0 Å². The maximum Gasteiger partial charge on any atom is 0.122 e. The van der Waals surface area contributed by atoms with Gasteiger partial charge in [-0.2, -0.15) is 0 Å². The molecule has 0 saturated heterocycles. The van der Waals surface area contributed by atoms with Gasteiger partial charge in [-0.1, -0.05) is 19.1 Å². The zero-order valence-corrected chi connectivity index (χ0v) is 11.0. The number of hydrogen-bond acceptors (Lipinski definition) is 3. The molecule has 0 amide bonds. The first-order valence-corrected chi connectivity index (χ1v) is 6.30. The first-order valence-electron chi connectivity index (χ1n) is 6.30. The Labute approximate surface area is 108 Å². The fraction of sp³-hybridized carbons (Fsp3) is 0.333. The van der Waals surface area contributed by atoms with Gasteiger partial charge in [0.2, 0.25) is 0 Å². The van der Waals surface area contributed by atoms with Crippen molar-refractivity contribution in [2.24, 2.45) is 5.73 Å². The van der Waals surface area contributed by atoms with Crippen LogP contribution in [-0.2, 0) is 19.5 Å². The number of nitrogens with zero attached hydrogens (tertiary/aromatic N) is 1. The van der Waals surface area contributed by atoms with Gasteiger partial charge < -0.3 is 15.1 Å². The standard InChI is InChI=1S/C15H20N2O/c1-3-12-4-6-14(7-5-12)17(2)11-13-8-9-18-15(13)10-16/h4-9H,3,10-11,16H2,1-2H3. The molecule has 3 heteroatoms.